The molecule has 0 unspecified atom stereocenters. The molecule has 11 heavy (non-hydrogen) atoms. The maximum atomic E-state index is 5.40. The van der Waals surface area contributed by atoms with Crippen molar-refractivity contribution in [3.05, 3.63) is 0 Å². The summed E-state index contributed by atoms with van der Waals surface area (Å²) in [7, 11) is 0. The van der Waals surface area contributed by atoms with Crippen LogP contribution in [0.25, 0.3) is 0 Å². The Bertz CT molecular complexity index is 156. The van der Waals surface area contributed by atoms with E-state index in [0.29, 0.717) is 12.0 Å². The molecule has 3 heteroatoms. The molecule has 0 aromatic rings. The molecule has 0 fully saturated rings. The molecule has 64 valence electrons. The first kappa shape index (κ1) is 8.91. The Morgan fingerprint density at radius 2 is 2.45 bits per heavy atom. The van der Waals surface area contributed by atoms with Crippen LogP contribution in [0, 0.1) is 5.92 Å². The van der Waals surface area contributed by atoms with Gasteiger partial charge in [-0.1, -0.05) is 13.8 Å². The van der Waals surface area contributed by atoms with Crippen LogP contribution in [0.3, 0.4) is 0 Å². The molecule has 0 aromatic heterocycles. The zero-order valence-corrected chi connectivity index (χ0v) is 8.15. The van der Waals surface area contributed by atoms with E-state index in [4.69, 9.17) is 4.74 Å². The molecular formula is C8H15NOS. The third-order valence-corrected chi connectivity index (χ3v) is 2.30. The second-order valence-electron chi connectivity index (χ2n) is 3.08. The molecule has 1 aliphatic heterocycles. The van der Waals surface area contributed by atoms with Gasteiger partial charge in [0.2, 0.25) is 0 Å². The standard InChI is InChI=1S/C8H15NOS/c1-6(2)7-4-10-8(9-7)5-11-3/h6-7H,4-5H2,1-3H3/t7-/m1/s1. The zero-order valence-electron chi connectivity index (χ0n) is 7.33. The van der Waals surface area contributed by atoms with E-state index in [1.165, 1.54) is 0 Å². The largest absolute Gasteiger partial charge is 0.478 e. The summed E-state index contributed by atoms with van der Waals surface area (Å²) in [5.41, 5.74) is 0. The van der Waals surface area contributed by atoms with E-state index in [1.54, 1.807) is 11.8 Å². The van der Waals surface area contributed by atoms with Gasteiger partial charge >= 0.3 is 0 Å². The molecule has 1 aliphatic rings. The molecule has 0 saturated heterocycles. The van der Waals surface area contributed by atoms with Crippen LogP contribution in [0.15, 0.2) is 4.99 Å². The van der Waals surface area contributed by atoms with Gasteiger partial charge in [-0.3, -0.25) is 0 Å². The van der Waals surface area contributed by atoms with Crippen molar-refractivity contribution in [1.29, 1.82) is 0 Å². The molecule has 0 saturated carbocycles. The summed E-state index contributed by atoms with van der Waals surface area (Å²) in [5.74, 6) is 2.45. The van der Waals surface area contributed by atoms with Gasteiger partial charge in [-0.2, -0.15) is 11.8 Å². The van der Waals surface area contributed by atoms with Crippen molar-refractivity contribution >= 4 is 17.7 Å². The summed E-state index contributed by atoms with van der Waals surface area (Å²) >= 11 is 1.76. The first-order valence-corrected chi connectivity index (χ1v) is 5.32. The average molecular weight is 173 g/mol. The van der Waals surface area contributed by atoms with Crippen LogP contribution in [-0.4, -0.2) is 30.6 Å². The van der Waals surface area contributed by atoms with Crippen LogP contribution in [-0.2, 0) is 4.74 Å². The first-order valence-electron chi connectivity index (χ1n) is 3.92. The van der Waals surface area contributed by atoms with E-state index < -0.39 is 0 Å². The molecule has 1 heterocycles. The predicted molar refractivity (Wildman–Crippen MR) is 50.4 cm³/mol. The van der Waals surface area contributed by atoms with E-state index >= 15 is 0 Å². The van der Waals surface area contributed by atoms with E-state index in [9.17, 15) is 0 Å². The fraction of sp³-hybridized carbons (Fsp3) is 0.875. The normalized spacial score (nSPS) is 23.6. The summed E-state index contributed by atoms with van der Waals surface area (Å²) < 4.78 is 5.40. The number of nitrogens with zero attached hydrogens (tertiary/aromatic N) is 1. The lowest BCUT2D eigenvalue weighted by Gasteiger charge is -2.06. The molecule has 0 spiro atoms. The molecular weight excluding hydrogens is 158 g/mol. The maximum absolute atomic E-state index is 5.40. The van der Waals surface area contributed by atoms with Gasteiger partial charge in [-0.15, -0.1) is 0 Å². The lowest BCUT2D eigenvalue weighted by molar-refractivity contribution is 0.290. The van der Waals surface area contributed by atoms with Gasteiger partial charge in [0.1, 0.15) is 6.61 Å². The SMILES string of the molecule is CSCC1=N[C@@H](C(C)C)CO1. The minimum Gasteiger partial charge on any atom is -0.478 e. The van der Waals surface area contributed by atoms with Crippen LogP contribution in [0.2, 0.25) is 0 Å². The summed E-state index contributed by atoms with van der Waals surface area (Å²) in [6.07, 6.45) is 2.06. The van der Waals surface area contributed by atoms with Gasteiger partial charge in [-0.05, 0) is 12.2 Å². The van der Waals surface area contributed by atoms with Gasteiger partial charge < -0.3 is 4.74 Å². The molecule has 2 nitrogen and oxygen atoms in total. The molecule has 1 rings (SSSR count). The number of thioether (sulfide) groups is 1. The lowest BCUT2D eigenvalue weighted by Crippen LogP contribution is -2.13. The van der Waals surface area contributed by atoms with E-state index in [2.05, 4.69) is 25.1 Å². The minimum absolute atomic E-state index is 0.400. The average Bonchev–Trinajstić information content (AvgIpc) is 2.37. The van der Waals surface area contributed by atoms with Crippen molar-refractivity contribution in [2.24, 2.45) is 10.9 Å². The summed E-state index contributed by atoms with van der Waals surface area (Å²) in [5, 5.41) is 0. The van der Waals surface area contributed by atoms with E-state index in [-0.39, 0.29) is 0 Å². The van der Waals surface area contributed by atoms with Crippen molar-refractivity contribution in [3.8, 4) is 0 Å². The van der Waals surface area contributed by atoms with Gasteiger partial charge in [0.05, 0.1) is 11.8 Å². The summed E-state index contributed by atoms with van der Waals surface area (Å²) in [4.78, 5) is 4.45. The van der Waals surface area contributed by atoms with Gasteiger partial charge in [0.25, 0.3) is 0 Å². The highest BCUT2D eigenvalue weighted by atomic mass is 32.2. The first-order chi connectivity index (χ1) is 5.24. The summed E-state index contributed by atoms with van der Waals surface area (Å²) in [6, 6.07) is 0.400. The second kappa shape index (κ2) is 4.00. The molecule has 0 aromatic carbocycles. The monoisotopic (exact) mass is 173 g/mol. The Morgan fingerprint density at radius 1 is 1.73 bits per heavy atom. The van der Waals surface area contributed by atoms with Crippen LogP contribution >= 0.6 is 11.8 Å². The highest BCUT2D eigenvalue weighted by Crippen LogP contribution is 2.14. The van der Waals surface area contributed by atoms with Crippen LogP contribution in [0.1, 0.15) is 13.8 Å². The molecule has 0 bridgehead atoms. The third kappa shape index (κ3) is 2.40. The topological polar surface area (TPSA) is 21.6 Å². The lowest BCUT2D eigenvalue weighted by atomic mass is 10.1. The maximum Gasteiger partial charge on any atom is 0.193 e. The fourth-order valence-corrected chi connectivity index (χ4v) is 1.39. The van der Waals surface area contributed by atoms with E-state index in [1.807, 2.05) is 0 Å². The van der Waals surface area contributed by atoms with Gasteiger partial charge in [0, 0.05) is 0 Å². The molecule has 0 aliphatic carbocycles. The highest BCUT2D eigenvalue weighted by molar-refractivity contribution is 7.99. The van der Waals surface area contributed by atoms with Crippen molar-refractivity contribution in [1.82, 2.24) is 0 Å². The van der Waals surface area contributed by atoms with Crippen molar-refractivity contribution < 1.29 is 4.74 Å². The van der Waals surface area contributed by atoms with Crippen molar-refractivity contribution in [3.63, 3.8) is 0 Å². The number of hydrogen-bond acceptors (Lipinski definition) is 3. The smallest absolute Gasteiger partial charge is 0.193 e. The van der Waals surface area contributed by atoms with Crippen LogP contribution in [0.5, 0.6) is 0 Å². The zero-order chi connectivity index (χ0) is 8.27. The van der Waals surface area contributed by atoms with E-state index in [0.717, 1.165) is 18.3 Å². The highest BCUT2D eigenvalue weighted by Gasteiger charge is 2.20. The molecule has 1 atom stereocenters. The van der Waals surface area contributed by atoms with Crippen molar-refractivity contribution in [2.75, 3.05) is 18.6 Å². The Labute approximate surface area is 72.4 Å². The molecule has 0 amide bonds. The van der Waals surface area contributed by atoms with Gasteiger partial charge in [0.15, 0.2) is 5.90 Å². The molecule has 0 N–H and O–H groups in total. The third-order valence-electron chi connectivity index (χ3n) is 1.77. The number of hydrogen-bond donors (Lipinski definition) is 0. The Morgan fingerprint density at radius 3 is 2.91 bits per heavy atom. The van der Waals surface area contributed by atoms with Crippen molar-refractivity contribution in [2.45, 2.75) is 19.9 Å². The second-order valence-corrected chi connectivity index (χ2v) is 3.94. The number of ether oxygens (including phenoxy) is 1. The number of rotatable bonds is 3. The van der Waals surface area contributed by atoms with Gasteiger partial charge in [-0.25, -0.2) is 4.99 Å². The Balaban J connectivity index is 2.40. The Kier molecular flexibility index (Phi) is 3.24. The number of aliphatic imine (C=N–C) groups is 1. The minimum atomic E-state index is 0.400. The van der Waals surface area contributed by atoms with Crippen LogP contribution in [0.4, 0.5) is 0 Å². The fourth-order valence-electron chi connectivity index (χ4n) is 0.985. The quantitative estimate of drug-likeness (QED) is 0.649. The van der Waals surface area contributed by atoms with Crippen LogP contribution < -0.4 is 0 Å². The predicted octanol–water partition coefficient (Wildman–Crippen LogP) is 1.80. The molecule has 0 radical (unpaired) electrons. The summed E-state index contributed by atoms with van der Waals surface area (Å²) in [6.45, 7) is 5.15. The Hall–Kier alpha value is -0.180.